The van der Waals surface area contributed by atoms with Gasteiger partial charge in [0.15, 0.2) is 0 Å². The molecule has 0 spiro atoms. The van der Waals surface area contributed by atoms with Crippen molar-refractivity contribution in [2.75, 3.05) is 7.11 Å². The van der Waals surface area contributed by atoms with Crippen molar-refractivity contribution in [3.63, 3.8) is 0 Å². The lowest BCUT2D eigenvalue weighted by molar-refractivity contribution is 0.282. The van der Waals surface area contributed by atoms with E-state index in [2.05, 4.69) is 0 Å². The zero-order valence-electron chi connectivity index (χ0n) is 6.28. The van der Waals surface area contributed by atoms with Gasteiger partial charge in [0, 0.05) is 16.9 Å². The molecular weight excluding hydrogens is 160 g/mol. The second-order valence-corrected chi connectivity index (χ2v) is 3.02. The van der Waals surface area contributed by atoms with Gasteiger partial charge in [0.1, 0.15) is 0 Å². The Hall–Kier alpha value is -0.510. The quantitative estimate of drug-likeness (QED) is 0.702. The van der Waals surface area contributed by atoms with Crippen LogP contribution in [0.1, 0.15) is 5.56 Å². The van der Waals surface area contributed by atoms with Crippen molar-refractivity contribution >= 4 is 12.0 Å². The molecule has 0 atom stereocenters. The van der Waals surface area contributed by atoms with Gasteiger partial charge in [-0.05, 0) is 17.7 Å². The predicted octanol–water partition coefficient (Wildman–Crippen LogP) is 1.83. The van der Waals surface area contributed by atoms with Gasteiger partial charge in [0.25, 0.3) is 0 Å². The smallest absolute Gasteiger partial charge is 0.0681 e. The molecule has 1 rings (SSSR count). The molecule has 0 saturated heterocycles. The molecule has 0 aromatic heterocycles. The van der Waals surface area contributed by atoms with Crippen LogP contribution >= 0.6 is 12.0 Å². The SMILES string of the molecule is COSc1ccc(CO)cc1. The number of aliphatic hydroxyl groups excluding tert-OH is 1. The number of hydrogen-bond acceptors (Lipinski definition) is 3. The van der Waals surface area contributed by atoms with E-state index in [1.165, 1.54) is 12.0 Å². The maximum absolute atomic E-state index is 8.72. The molecular formula is C8H10O2S. The maximum Gasteiger partial charge on any atom is 0.0681 e. The zero-order chi connectivity index (χ0) is 8.10. The van der Waals surface area contributed by atoms with Gasteiger partial charge < -0.3 is 9.29 Å². The van der Waals surface area contributed by atoms with Gasteiger partial charge in [0.2, 0.25) is 0 Å². The highest BCUT2D eigenvalue weighted by Crippen LogP contribution is 2.17. The van der Waals surface area contributed by atoms with Crippen LogP contribution in [0.25, 0.3) is 0 Å². The fourth-order valence-electron chi connectivity index (χ4n) is 0.747. The van der Waals surface area contributed by atoms with E-state index in [0.717, 1.165) is 10.5 Å². The van der Waals surface area contributed by atoms with Gasteiger partial charge in [-0.15, -0.1) is 0 Å². The standard InChI is InChI=1S/C8H10O2S/c1-10-11-8-4-2-7(6-9)3-5-8/h2-5,9H,6H2,1H3. The van der Waals surface area contributed by atoms with Crippen molar-refractivity contribution in [2.45, 2.75) is 11.5 Å². The van der Waals surface area contributed by atoms with Gasteiger partial charge >= 0.3 is 0 Å². The third kappa shape index (κ3) is 2.54. The highest BCUT2D eigenvalue weighted by molar-refractivity contribution is 7.94. The van der Waals surface area contributed by atoms with Crippen molar-refractivity contribution < 1.29 is 9.29 Å². The van der Waals surface area contributed by atoms with Crippen molar-refractivity contribution in [2.24, 2.45) is 0 Å². The van der Waals surface area contributed by atoms with Crippen LogP contribution in [-0.2, 0) is 10.8 Å². The molecule has 1 aromatic carbocycles. The van der Waals surface area contributed by atoms with E-state index in [4.69, 9.17) is 9.29 Å². The molecule has 0 aliphatic rings. The van der Waals surface area contributed by atoms with E-state index in [1.54, 1.807) is 7.11 Å². The summed E-state index contributed by atoms with van der Waals surface area (Å²) < 4.78 is 4.86. The van der Waals surface area contributed by atoms with E-state index < -0.39 is 0 Å². The Morgan fingerprint density at radius 2 is 2.00 bits per heavy atom. The molecule has 0 fully saturated rings. The third-order valence-corrected chi connectivity index (χ3v) is 1.92. The summed E-state index contributed by atoms with van der Waals surface area (Å²) >= 11 is 1.31. The average molecular weight is 170 g/mol. The van der Waals surface area contributed by atoms with Gasteiger partial charge in [-0.1, -0.05) is 12.1 Å². The lowest BCUT2D eigenvalue weighted by Gasteiger charge is -1.98. The van der Waals surface area contributed by atoms with Crippen molar-refractivity contribution in [3.8, 4) is 0 Å². The molecule has 60 valence electrons. The van der Waals surface area contributed by atoms with Crippen molar-refractivity contribution in [1.29, 1.82) is 0 Å². The minimum absolute atomic E-state index is 0.0952. The fourth-order valence-corrected chi connectivity index (χ4v) is 1.19. The first kappa shape index (κ1) is 8.59. The molecule has 0 saturated carbocycles. The highest BCUT2D eigenvalue weighted by Gasteiger charge is 1.92. The van der Waals surface area contributed by atoms with Crippen LogP contribution in [0.4, 0.5) is 0 Å². The highest BCUT2D eigenvalue weighted by atomic mass is 32.2. The van der Waals surface area contributed by atoms with Gasteiger partial charge in [-0.25, -0.2) is 0 Å². The molecule has 0 amide bonds. The maximum atomic E-state index is 8.72. The second kappa shape index (κ2) is 4.38. The van der Waals surface area contributed by atoms with Crippen LogP contribution in [0, 0.1) is 0 Å². The summed E-state index contributed by atoms with van der Waals surface area (Å²) in [5.74, 6) is 0. The van der Waals surface area contributed by atoms with E-state index in [9.17, 15) is 0 Å². The molecule has 0 aliphatic heterocycles. The molecule has 0 radical (unpaired) electrons. The first-order chi connectivity index (χ1) is 5.36. The Morgan fingerprint density at radius 3 is 2.45 bits per heavy atom. The Labute approximate surface area is 70.4 Å². The molecule has 0 bridgehead atoms. The van der Waals surface area contributed by atoms with Crippen molar-refractivity contribution in [1.82, 2.24) is 0 Å². The topological polar surface area (TPSA) is 29.5 Å². The van der Waals surface area contributed by atoms with Gasteiger partial charge in [-0.3, -0.25) is 0 Å². The molecule has 11 heavy (non-hydrogen) atoms. The molecule has 1 aromatic rings. The number of aliphatic hydroxyl groups is 1. The first-order valence-corrected chi connectivity index (χ1v) is 4.01. The van der Waals surface area contributed by atoms with Crippen LogP contribution in [0.2, 0.25) is 0 Å². The van der Waals surface area contributed by atoms with Crippen LogP contribution in [-0.4, -0.2) is 12.2 Å². The Kier molecular flexibility index (Phi) is 3.42. The van der Waals surface area contributed by atoms with Gasteiger partial charge in [-0.2, -0.15) is 0 Å². The summed E-state index contributed by atoms with van der Waals surface area (Å²) in [6, 6.07) is 7.59. The zero-order valence-corrected chi connectivity index (χ0v) is 7.10. The Morgan fingerprint density at radius 1 is 1.36 bits per heavy atom. The van der Waals surface area contributed by atoms with Crippen LogP contribution in [0.3, 0.4) is 0 Å². The second-order valence-electron chi connectivity index (χ2n) is 2.05. The van der Waals surface area contributed by atoms with E-state index in [-0.39, 0.29) is 6.61 Å². The monoisotopic (exact) mass is 170 g/mol. The van der Waals surface area contributed by atoms with E-state index >= 15 is 0 Å². The Balaban J connectivity index is 2.66. The summed E-state index contributed by atoms with van der Waals surface area (Å²) in [7, 11) is 1.63. The molecule has 0 heterocycles. The summed E-state index contributed by atoms with van der Waals surface area (Å²) in [6.07, 6.45) is 0. The van der Waals surface area contributed by atoms with E-state index in [0.29, 0.717) is 0 Å². The van der Waals surface area contributed by atoms with Gasteiger partial charge in [0.05, 0.1) is 13.7 Å². The van der Waals surface area contributed by atoms with Crippen LogP contribution in [0.15, 0.2) is 29.2 Å². The van der Waals surface area contributed by atoms with Crippen LogP contribution in [0.5, 0.6) is 0 Å². The molecule has 3 heteroatoms. The summed E-state index contributed by atoms with van der Waals surface area (Å²) in [6.45, 7) is 0.0952. The first-order valence-electron chi connectivity index (χ1n) is 3.27. The summed E-state index contributed by atoms with van der Waals surface area (Å²) in [5.41, 5.74) is 0.922. The summed E-state index contributed by atoms with van der Waals surface area (Å²) in [4.78, 5) is 1.05. The average Bonchev–Trinajstić information content (AvgIpc) is 2.07. The van der Waals surface area contributed by atoms with E-state index in [1.807, 2.05) is 24.3 Å². The third-order valence-electron chi connectivity index (χ3n) is 1.29. The summed E-state index contributed by atoms with van der Waals surface area (Å²) in [5, 5.41) is 8.72. The molecule has 0 unspecified atom stereocenters. The van der Waals surface area contributed by atoms with Crippen LogP contribution < -0.4 is 0 Å². The largest absolute Gasteiger partial charge is 0.392 e. The normalized spacial score (nSPS) is 10.0. The fraction of sp³-hybridized carbons (Fsp3) is 0.250. The Bertz CT molecular complexity index is 208. The minimum atomic E-state index is 0.0952. The molecule has 1 N–H and O–H groups in total. The lowest BCUT2D eigenvalue weighted by atomic mass is 10.2. The molecule has 2 nitrogen and oxygen atoms in total. The minimum Gasteiger partial charge on any atom is -0.392 e. The molecule has 0 aliphatic carbocycles. The number of rotatable bonds is 3. The van der Waals surface area contributed by atoms with Crippen molar-refractivity contribution in [3.05, 3.63) is 29.8 Å². The number of hydrogen-bond donors (Lipinski definition) is 1. The lowest BCUT2D eigenvalue weighted by Crippen LogP contribution is -1.81. The number of benzene rings is 1. The predicted molar refractivity (Wildman–Crippen MR) is 45.2 cm³/mol.